The Morgan fingerprint density at radius 3 is 2.92 bits per heavy atom. The number of likely N-dealkylation sites (tertiary alicyclic amines) is 1. The molecule has 0 radical (unpaired) electrons. The summed E-state index contributed by atoms with van der Waals surface area (Å²) in [5.41, 5.74) is 2.87. The first-order valence-corrected chi connectivity index (χ1v) is 8.49. The number of hydrogen-bond donors (Lipinski definition) is 1. The Labute approximate surface area is 143 Å². The highest BCUT2D eigenvalue weighted by molar-refractivity contribution is 5.95. The fourth-order valence-corrected chi connectivity index (χ4v) is 3.30. The number of hydrogen-bond acceptors (Lipinski definition) is 4. The molecule has 24 heavy (non-hydrogen) atoms. The Kier molecular flexibility index (Phi) is 4.60. The van der Waals surface area contributed by atoms with Gasteiger partial charge in [0.2, 0.25) is 5.91 Å². The lowest BCUT2D eigenvalue weighted by molar-refractivity contribution is -0.133. The van der Waals surface area contributed by atoms with Gasteiger partial charge in [-0.2, -0.15) is 0 Å². The molecule has 1 amide bonds. The molecule has 1 fully saturated rings. The molecular formula is C19H25N3O2. The summed E-state index contributed by atoms with van der Waals surface area (Å²) in [5, 5.41) is 4.66. The number of aryl methyl sites for hydroxylation is 1. The Morgan fingerprint density at radius 1 is 1.42 bits per heavy atom. The first kappa shape index (κ1) is 16.6. The smallest absolute Gasteiger partial charge is 0.225 e. The van der Waals surface area contributed by atoms with Crippen molar-refractivity contribution < 1.29 is 9.53 Å². The molecule has 1 unspecified atom stereocenters. The van der Waals surface area contributed by atoms with Crippen molar-refractivity contribution in [2.45, 2.75) is 33.2 Å². The average Bonchev–Trinajstić information content (AvgIpc) is 3.01. The van der Waals surface area contributed by atoms with E-state index in [4.69, 9.17) is 4.74 Å². The lowest BCUT2D eigenvalue weighted by atomic mass is 10.1. The molecule has 128 valence electrons. The highest BCUT2D eigenvalue weighted by atomic mass is 16.5. The summed E-state index contributed by atoms with van der Waals surface area (Å²) >= 11 is 0. The largest absolute Gasteiger partial charge is 0.494 e. The minimum absolute atomic E-state index is 0.0528. The van der Waals surface area contributed by atoms with Gasteiger partial charge in [-0.05, 0) is 25.5 Å². The molecule has 1 aromatic heterocycles. The number of fused-ring (bicyclic) bond motifs is 1. The molecule has 1 aliphatic rings. The summed E-state index contributed by atoms with van der Waals surface area (Å²) in [6.45, 7) is 7.47. The van der Waals surface area contributed by atoms with Crippen LogP contribution in [0.25, 0.3) is 10.9 Å². The summed E-state index contributed by atoms with van der Waals surface area (Å²) in [5.74, 6) is 1.07. The molecule has 0 saturated carbocycles. The van der Waals surface area contributed by atoms with Gasteiger partial charge in [-0.25, -0.2) is 4.98 Å². The van der Waals surface area contributed by atoms with E-state index in [1.807, 2.05) is 37.8 Å². The molecule has 1 N–H and O–H groups in total. The van der Waals surface area contributed by atoms with Crippen molar-refractivity contribution >= 4 is 22.5 Å². The number of carbonyl (C=O) groups is 1. The number of rotatable bonds is 4. The van der Waals surface area contributed by atoms with Gasteiger partial charge in [-0.3, -0.25) is 4.79 Å². The zero-order chi connectivity index (χ0) is 17.3. The second-order valence-corrected chi connectivity index (χ2v) is 6.74. The number of para-hydroxylation sites is 1. The molecule has 0 bridgehead atoms. The quantitative estimate of drug-likeness (QED) is 0.937. The fourth-order valence-electron chi connectivity index (χ4n) is 3.30. The van der Waals surface area contributed by atoms with Crippen LogP contribution in [0.3, 0.4) is 0 Å². The number of pyridine rings is 1. The van der Waals surface area contributed by atoms with Crippen LogP contribution in [0.2, 0.25) is 0 Å². The number of nitrogens with one attached hydrogen (secondary N) is 1. The predicted octanol–water partition coefficient (Wildman–Crippen LogP) is 3.22. The second kappa shape index (κ2) is 6.67. The summed E-state index contributed by atoms with van der Waals surface area (Å²) in [4.78, 5) is 18.7. The Morgan fingerprint density at radius 2 is 2.21 bits per heavy atom. The molecule has 3 rings (SSSR count). The van der Waals surface area contributed by atoms with Crippen molar-refractivity contribution in [2.24, 2.45) is 5.92 Å². The fraction of sp³-hybridized carbons (Fsp3) is 0.474. The molecule has 5 heteroatoms. The van der Waals surface area contributed by atoms with Crippen LogP contribution in [0.15, 0.2) is 24.3 Å². The van der Waals surface area contributed by atoms with E-state index >= 15 is 0 Å². The number of anilines is 1. The van der Waals surface area contributed by atoms with Crippen molar-refractivity contribution in [3.8, 4) is 5.75 Å². The third-order valence-corrected chi connectivity index (χ3v) is 4.50. The minimum atomic E-state index is 0.0528. The Balaban J connectivity index is 1.85. The number of methoxy groups -OCH3 is 1. The molecule has 2 aromatic rings. The van der Waals surface area contributed by atoms with Crippen LogP contribution in [-0.2, 0) is 4.79 Å². The summed E-state index contributed by atoms with van der Waals surface area (Å²) in [6, 6.07) is 8.29. The third-order valence-electron chi connectivity index (χ3n) is 4.50. The van der Waals surface area contributed by atoms with E-state index in [0.29, 0.717) is 0 Å². The van der Waals surface area contributed by atoms with E-state index in [1.54, 1.807) is 7.11 Å². The van der Waals surface area contributed by atoms with Crippen molar-refractivity contribution in [1.29, 1.82) is 0 Å². The van der Waals surface area contributed by atoms with E-state index in [0.717, 1.165) is 47.5 Å². The van der Waals surface area contributed by atoms with Crippen LogP contribution in [0.4, 0.5) is 5.69 Å². The molecule has 1 aliphatic heterocycles. The standard InChI is InChI=1S/C19H25N3O2/c1-12(2)19(23)22-9-8-14(11-22)21-16-10-13(3)20-18-15(16)6-5-7-17(18)24-4/h5-7,10,12,14H,8-9,11H2,1-4H3,(H,20,21). The topological polar surface area (TPSA) is 54.5 Å². The zero-order valence-electron chi connectivity index (χ0n) is 14.8. The van der Waals surface area contributed by atoms with Gasteiger partial charge in [0.05, 0.1) is 7.11 Å². The van der Waals surface area contributed by atoms with Crippen LogP contribution < -0.4 is 10.1 Å². The lowest BCUT2D eigenvalue weighted by Gasteiger charge is -2.20. The summed E-state index contributed by atoms with van der Waals surface area (Å²) in [7, 11) is 1.66. The maximum Gasteiger partial charge on any atom is 0.225 e. The van der Waals surface area contributed by atoms with Crippen LogP contribution >= 0.6 is 0 Å². The van der Waals surface area contributed by atoms with E-state index in [1.165, 1.54) is 0 Å². The predicted molar refractivity (Wildman–Crippen MR) is 96.5 cm³/mol. The number of nitrogens with zero attached hydrogens (tertiary/aromatic N) is 2. The van der Waals surface area contributed by atoms with Gasteiger partial charge in [-0.15, -0.1) is 0 Å². The first-order chi connectivity index (χ1) is 11.5. The van der Waals surface area contributed by atoms with Crippen LogP contribution in [0.5, 0.6) is 5.75 Å². The Bertz CT molecular complexity index is 758. The van der Waals surface area contributed by atoms with Crippen molar-refractivity contribution in [3.63, 3.8) is 0 Å². The third kappa shape index (κ3) is 3.16. The van der Waals surface area contributed by atoms with E-state index in [9.17, 15) is 4.79 Å². The highest BCUT2D eigenvalue weighted by Crippen LogP contribution is 2.31. The Hall–Kier alpha value is -2.30. The van der Waals surface area contributed by atoms with E-state index in [-0.39, 0.29) is 17.9 Å². The minimum Gasteiger partial charge on any atom is -0.494 e. The second-order valence-electron chi connectivity index (χ2n) is 6.74. The number of amides is 1. The van der Waals surface area contributed by atoms with E-state index in [2.05, 4.69) is 22.4 Å². The summed E-state index contributed by atoms with van der Waals surface area (Å²) in [6.07, 6.45) is 0.964. The maximum atomic E-state index is 12.2. The molecule has 1 aromatic carbocycles. The molecular weight excluding hydrogens is 302 g/mol. The highest BCUT2D eigenvalue weighted by Gasteiger charge is 2.27. The average molecular weight is 327 g/mol. The molecule has 0 aliphatic carbocycles. The van der Waals surface area contributed by atoms with Gasteiger partial charge < -0.3 is 15.0 Å². The summed E-state index contributed by atoms with van der Waals surface area (Å²) < 4.78 is 5.44. The van der Waals surface area contributed by atoms with Crippen molar-refractivity contribution in [1.82, 2.24) is 9.88 Å². The molecule has 0 spiro atoms. The van der Waals surface area contributed by atoms with Crippen molar-refractivity contribution in [3.05, 3.63) is 30.0 Å². The SMILES string of the molecule is COc1cccc2c(NC3CCN(C(=O)C(C)C)C3)cc(C)nc12. The van der Waals surface area contributed by atoms with Crippen molar-refractivity contribution in [2.75, 3.05) is 25.5 Å². The molecule has 1 saturated heterocycles. The number of carbonyl (C=O) groups excluding carboxylic acids is 1. The molecule has 5 nitrogen and oxygen atoms in total. The number of benzene rings is 1. The van der Waals surface area contributed by atoms with Gasteiger partial charge >= 0.3 is 0 Å². The number of ether oxygens (including phenoxy) is 1. The van der Waals surface area contributed by atoms with Gasteiger partial charge in [0, 0.05) is 41.8 Å². The normalized spacial score (nSPS) is 17.5. The lowest BCUT2D eigenvalue weighted by Crippen LogP contribution is -2.34. The van der Waals surface area contributed by atoms with Gasteiger partial charge in [0.1, 0.15) is 11.3 Å². The van der Waals surface area contributed by atoms with E-state index < -0.39 is 0 Å². The molecule has 2 heterocycles. The van der Waals surface area contributed by atoms with Gasteiger partial charge in [0.25, 0.3) is 0 Å². The van der Waals surface area contributed by atoms with Crippen LogP contribution in [-0.4, -0.2) is 42.0 Å². The van der Waals surface area contributed by atoms with Crippen LogP contribution in [0, 0.1) is 12.8 Å². The molecule has 1 atom stereocenters. The monoisotopic (exact) mass is 327 g/mol. The maximum absolute atomic E-state index is 12.2. The van der Waals surface area contributed by atoms with Gasteiger partial charge in [0.15, 0.2) is 0 Å². The first-order valence-electron chi connectivity index (χ1n) is 8.49. The van der Waals surface area contributed by atoms with Gasteiger partial charge in [-0.1, -0.05) is 26.0 Å². The zero-order valence-corrected chi connectivity index (χ0v) is 14.8. The van der Waals surface area contributed by atoms with Crippen LogP contribution in [0.1, 0.15) is 26.0 Å². The number of aromatic nitrogens is 1.